The highest BCUT2D eigenvalue weighted by Crippen LogP contribution is 2.40. The summed E-state index contributed by atoms with van der Waals surface area (Å²) >= 11 is 0. The molecule has 0 amide bonds. The van der Waals surface area contributed by atoms with Crippen LogP contribution in [0.1, 0.15) is 57.6 Å². The summed E-state index contributed by atoms with van der Waals surface area (Å²) in [7, 11) is -0.233. The Bertz CT molecular complexity index is 487. The number of rotatable bonds is 2. The first-order chi connectivity index (χ1) is 8.80. The number of hydrogen-bond donors (Lipinski definition) is 0. The summed E-state index contributed by atoms with van der Waals surface area (Å²) in [4.78, 5) is 0. The molecule has 1 saturated carbocycles. The van der Waals surface area contributed by atoms with E-state index < -0.39 is 0 Å². The molecule has 0 spiro atoms. The highest BCUT2D eigenvalue weighted by Gasteiger charge is 2.52. The van der Waals surface area contributed by atoms with E-state index in [-0.39, 0.29) is 18.3 Å². The van der Waals surface area contributed by atoms with Crippen molar-refractivity contribution in [3.8, 4) is 0 Å². The van der Waals surface area contributed by atoms with Crippen molar-refractivity contribution in [1.29, 1.82) is 0 Å². The van der Waals surface area contributed by atoms with Crippen LogP contribution in [0.5, 0.6) is 0 Å². The fraction of sp³-hybridized carbons (Fsp3) is 0.625. The molecule has 1 heterocycles. The lowest BCUT2D eigenvalue weighted by molar-refractivity contribution is 0.00578. The molecule has 0 unspecified atom stereocenters. The molecular formula is C16H23BO2. The van der Waals surface area contributed by atoms with E-state index in [2.05, 4.69) is 52.8 Å². The first-order valence-corrected chi connectivity index (χ1v) is 7.26. The summed E-state index contributed by atoms with van der Waals surface area (Å²) in [6.45, 7) is 10.6. The first-order valence-electron chi connectivity index (χ1n) is 7.26. The molecule has 1 aliphatic heterocycles. The maximum Gasteiger partial charge on any atom is 0.495 e. The molecule has 3 heteroatoms. The molecule has 0 bridgehead atoms. The Labute approximate surface area is 116 Å². The topological polar surface area (TPSA) is 18.5 Å². The lowest BCUT2D eigenvalue weighted by Gasteiger charge is -2.32. The predicted octanol–water partition coefficient (Wildman–Crippen LogP) is 3.17. The van der Waals surface area contributed by atoms with Crippen LogP contribution in [-0.4, -0.2) is 18.3 Å². The van der Waals surface area contributed by atoms with E-state index in [1.165, 1.54) is 29.4 Å². The average Bonchev–Trinajstić information content (AvgIpc) is 3.08. The Morgan fingerprint density at radius 2 is 1.63 bits per heavy atom. The van der Waals surface area contributed by atoms with E-state index in [9.17, 15) is 0 Å². The Kier molecular flexibility index (Phi) is 2.85. The zero-order valence-electron chi connectivity index (χ0n) is 12.6. The fourth-order valence-electron chi connectivity index (χ4n) is 2.55. The molecule has 3 rings (SSSR count). The molecule has 19 heavy (non-hydrogen) atoms. The molecule has 0 aromatic heterocycles. The largest absolute Gasteiger partial charge is 0.495 e. The Balaban J connectivity index is 1.92. The van der Waals surface area contributed by atoms with Gasteiger partial charge in [0.05, 0.1) is 11.2 Å². The van der Waals surface area contributed by atoms with Crippen molar-refractivity contribution in [3.63, 3.8) is 0 Å². The van der Waals surface area contributed by atoms with Gasteiger partial charge >= 0.3 is 7.12 Å². The van der Waals surface area contributed by atoms with Crippen LogP contribution < -0.4 is 5.46 Å². The van der Waals surface area contributed by atoms with Gasteiger partial charge in [-0.25, -0.2) is 0 Å². The predicted molar refractivity (Wildman–Crippen MR) is 78.9 cm³/mol. The molecule has 1 aromatic rings. The highest BCUT2D eigenvalue weighted by molar-refractivity contribution is 6.62. The van der Waals surface area contributed by atoms with Gasteiger partial charge in [0, 0.05) is 0 Å². The van der Waals surface area contributed by atoms with E-state index in [1.807, 2.05) is 0 Å². The van der Waals surface area contributed by atoms with Gasteiger partial charge in [-0.2, -0.15) is 0 Å². The minimum absolute atomic E-state index is 0.233. The van der Waals surface area contributed by atoms with E-state index in [1.54, 1.807) is 0 Å². The molecule has 2 fully saturated rings. The third-order valence-corrected chi connectivity index (χ3v) is 4.86. The lowest BCUT2D eigenvalue weighted by atomic mass is 9.75. The van der Waals surface area contributed by atoms with Gasteiger partial charge in [0.1, 0.15) is 0 Å². The second-order valence-electron chi connectivity index (χ2n) is 6.98. The van der Waals surface area contributed by atoms with Crippen molar-refractivity contribution < 1.29 is 9.31 Å². The summed E-state index contributed by atoms with van der Waals surface area (Å²) in [5.41, 5.74) is 3.36. The van der Waals surface area contributed by atoms with Crippen LogP contribution in [0, 0.1) is 6.92 Å². The minimum atomic E-state index is -0.264. The van der Waals surface area contributed by atoms with Crippen LogP contribution in [0.4, 0.5) is 0 Å². The van der Waals surface area contributed by atoms with Gasteiger partial charge in [-0.15, -0.1) is 0 Å². The van der Waals surface area contributed by atoms with E-state index >= 15 is 0 Å². The maximum atomic E-state index is 6.16. The van der Waals surface area contributed by atoms with Crippen molar-refractivity contribution in [1.82, 2.24) is 0 Å². The second-order valence-corrected chi connectivity index (χ2v) is 6.98. The SMILES string of the molecule is Cc1ccc(C2CC2)cc1B1OC(C)(C)C(C)(C)O1. The first kappa shape index (κ1) is 13.2. The zero-order chi connectivity index (χ0) is 13.8. The second kappa shape index (κ2) is 4.10. The third-order valence-electron chi connectivity index (χ3n) is 4.86. The van der Waals surface area contributed by atoms with Crippen molar-refractivity contribution in [2.45, 2.75) is 64.6 Å². The zero-order valence-corrected chi connectivity index (χ0v) is 12.6. The standard InChI is InChI=1S/C16H23BO2/c1-11-6-7-13(12-8-9-12)10-14(11)17-18-15(2,3)16(4,5)19-17/h6-7,10,12H,8-9H2,1-5H3. The van der Waals surface area contributed by atoms with Crippen LogP contribution in [0.3, 0.4) is 0 Å². The van der Waals surface area contributed by atoms with Gasteiger partial charge in [-0.1, -0.05) is 23.8 Å². The van der Waals surface area contributed by atoms with E-state index in [0.717, 1.165) is 5.92 Å². The van der Waals surface area contributed by atoms with Crippen LogP contribution in [0.2, 0.25) is 0 Å². The Morgan fingerprint density at radius 3 is 2.16 bits per heavy atom. The fourth-order valence-corrected chi connectivity index (χ4v) is 2.55. The van der Waals surface area contributed by atoms with E-state index in [4.69, 9.17) is 9.31 Å². The van der Waals surface area contributed by atoms with Crippen molar-refractivity contribution in [3.05, 3.63) is 29.3 Å². The number of benzene rings is 1. The smallest absolute Gasteiger partial charge is 0.399 e. The van der Waals surface area contributed by atoms with Crippen LogP contribution in [0.25, 0.3) is 0 Å². The van der Waals surface area contributed by atoms with Gasteiger partial charge in [-0.3, -0.25) is 0 Å². The Hall–Kier alpha value is -0.795. The lowest BCUT2D eigenvalue weighted by Crippen LogP contribution is -2.41. The van der Waals surface area contributed by atoms with Crippen molar-refractivity contribution >= 4 is 12.6 Å². The van der Waals surface area contributed by atoms with Crippen LogP contribution >= 0.6 is 0 Å². The van der Waals surface area contributed by atoms with E-state index in [0.29, 0.717) is 0 Å². The molecule has 1 aliphatic carbocycles. The summed E-state index contributed by atoms with van der Waals surface area (Å²) in [6, 6.07) is 6.74. The quantitative estimate of drug-likeness (QED) is 0.758. The van der Waals surface area contributed by atoms with Gasteiger partial charge in [0.2, 0.25) is 0 Å². The molecule has 0 atom stereocenters. The molecular weight excluding hydrogens is 235 g/mol. The molecule has 1 saturated heterocycles. The molecule has 1 aromatic carbocycles. The molecule has 102 valence electrons. The highest BCUT2D eigenvalue weighted by atomic mass is 16.7. The molecule has 2 nitrogen and oxygen atoms in total. The normalized spacial score (nSPS) is 24.8. The van der Waals surface area contributed by atoms with Crippen LogP contribution in [0.15, 0.2) is 18.2 Å². The third kappa shape index (κ3) is 2.23. The summed E-state index contributed by atoms with van der Waals surface area (Å²) in [6.07, 6.45) is 2.65. The summed E-state index contributed by atoms with van der Waals surface area (Å²) < 4.78 is 12.3. The van der Waals surface area contributed by atoms with Gasteiger partial charge < -0.3 is 9.31 Å². The van der Waals surface area contributed by atoms with Gasteiger partial charge in [-0.05, 0) is 64.4 Å². The molecule has 2 aliphatic rings. The number of hydrogen-bond acceptors (Lipinski definition) is 2. The monoisotopic (exact) mass is 258 g/mol. The Morgan fingerprint density at radius 1 is 1.05 bits per heavy atom. The minimum Gasteiger partial charge on any atom is -0.399 e. The molecule has 0 N–H and O–H groups in total. The maximum absolute atomic E-state index is 6.16. The summed E-state index contributed by atoms with van der Waals surface area (Å²) in [5.74, 6) is 0.766. The van der Waals surface area contributed by atoms with Gasteiger partial charge in [0.15, 0.2) is 0 Å². The van der Waals surface area contributed by atoms with Gasteiger partial charge in [0.25, 0.3) is 0 Å². The molecule has 0 radical (unpaired) electrons. The summed E-state index contributed by atoms with van der Waals surface area (Å²) in [5, 5.41) is 0. The average molecular weight is 258 g/mol. The van der Waals surface area contributed by atoms with Crippen molar-refractivity contribution in [2.75, 3.05) is 0 Å². The van der Waals surface area contributed by atoms with Crippen LogP contribution in [-0.2, 0) is 9.31 Å². The van der Waals surface area contributed by atoms with Crippen molar-refractivity contribution in [2.24, 2.45) is 0 Å². The number of aryl methyl sites for hydroxylation is 1.